The van der Waals surface area contributed by atoms with E-state index in [0.717, 1.165) is 22.8 Å². The fraction of sp³-hybridized carbons (Fsp3) is 0.312. The van der Waals surface area contributed by atoms with Crippen molar-refractivity contribution in [2.24, 2.45) is 0 Å². The van der Waals surface area contributed by atoms with E-state index in [2.05, 4.69) is 22.6 Å². The fourth-order valence-electron chi connectivity index (χ4n) is 1.91. The number of hydrogen-bond donors (Lipinski definition) is 1. The Morgan fingerprint density at radius 1 is 1.25 bits per heavy atom. The highest BCUT2D eigenvalue weighted by molar-refractivity contribution is 14.1. The third kappa shape index (κ3) is 3.06. The number of fused-ring (bicyclic) bond motifs is 1. The van der Waals surface area contributed by atoms with Crippen molar-refractivity contribution >= 4 is 39.3 Å². The number of carbonyl (C=O) groups is 1. The number of phenolic OH excluding ortho intramolecular Hbond substituents is 1. The molecule has 0 saturated carbocycles. The summed E-state index contributed by atoms with van der Waals surface area (Å²) in [6.07, 6.45) is 0.725. The molecule has 1 unspecified atom stereocenters. The molecule has 2 rings (SSSR count). The van der Waals surface area contributed by atoms with Gasteiger partial charge in [-0.15, -0.1) is 0 Å². The van der Waals surface area contributed by atoms with E-state index in [1.54, 1.807) is 12.1 Å². The number of esters is 1. The molecule has 20 heavy (non-hydrogen) atoms. The molecule has 2 aromatic carbocycles. The van der Waals surface area contributed by atoms with Crippen LogP contribution in [0.5, 0.6) is 5.75 Å². The van der Waals surface area contributed by atoms with Crippen molar-refractivity contribution in [3.63, 3.8) is 0 Å². The molecule has 106 valence electrons. The summed E-state index contributed by atoms with van der Waals surface area (Å²) in [6, 6.07) is 11.0. The van der Waals surface area contributed by atoms with Gasteiger partial charge in [-0.05, 0) is 30.4 Å². The predicted octanol–water partition coefficient (Wildman–Crippen LogP) is 4.19. The third-order valence-electron chi connectivity index (χ3n) is 3.44. The average molecular weight is 384 g/mol. The molecule has 1 N–H and O–H groups in total. The fourth-order valence-corrected chi connectivity index (χ4v) is 2.07. The predicted molar refractivity (Wildman–Crippen MR) is 88.1 cm³/mol. The zero-order valence-electron chi connectivity index (χ0n) is 11.5. The maximum Gasteiger partial charge on any atom is 0.322 e. The number of benzene rings is 2. The Morgan fingerprint density at radius 2 is 1.90 bits per heavy atom. The van der Waals surface area contributed by atoms with Crippen LogP contribution in [0.3, 0.4) is 0 Å². The van der Waals surface area contributed by atoms with E-state index in [1.807, 2.05) is 38.1 Å². The maximum absolute atomic E-state index is 12.0. The van der Waals surface area contributed by atoms with E-state index in [-0.39, 0.29) is 18.3 Å². The Labute approximate surface area is 132 Å². The summed E-state index contributed by atoms with van der Waals surface area (Å²) in [4.78, 5) is 12.0. The molecule has 0 heterocycles. The summed E-state index contributed by atoms with van der Waals surface area (Å²) in [7, 11) is 0. The normalized spacial score (nSPS) is 13.9. The van der Waals surface area contributed by atoms with Gasteiger partial charge in [0.25, 0.3) is 0 Å². The minimum atomic E-state index is -0.496. The van der Waals surface area contributed by atoms with Crippen LogP contribution in [0.2, 0.25) is 0 Å². The Balaban J connectivity index is 2.23. The van der Waals surface area contributed by atoms with Crippen LogP contribution in [0.1, 0.15) is 25.8 Å². The van der Waals surface area contributed by atoms with E-state index in [9.17, 15) is 9.90 Å². The van der Waals surface area contributed by atoms with Gasteiger partial charge in [0.1, 0.15) is 15.8 Å². The standard InChI is InChI=1S/C16H17IO3/c1-3-16(2,17)15(19)20-10-11-8-9-14(18)13-7-5-4-6-12(11)13/h4-9,18H,3,10H2,1-2H3. The molecule has 0 aliphatic rings. The van der Waals surface area contributed by atoms with Crippen molar-refractivity contribution in [2.75, 3.05) is 0 Å². The largest absolute Gasteiger partial charge is 0.507 e. The number of rotatable bonds is 4. The summed E-state index contributed by atoms with van der Waals surface area (Å²) in [5.41, 5.74) is 0.898. The van der Waals surface area contributed by atoms with Crippen molar-refractivity contribution in [3.8, 4) is 5.75 Å². The van der Waals surface area contributed by atoms with Gasteiger partial charge >= 0.3 is 5.97 Å². The topological polar surface area (TPSA) is 46.5 Å². The summed E-state index contributed by atoms with van der Waals surface area (Å²) in [5.74, 6) is 0.0284. The highest BCUT2D eigenvalue weighted by Gasteiger charge is 2.29. The van der Waals surface area contributed by atoms with Crippen LogP contribution in [0.25, 0.3) is 10.8 Å². The first-order chi connectivity index (χ1) is 9.45. The van der Waals surface area contributed by atoms with Gasteiger partial charge in [-0.1, -0.05) is 59.8 Å². The van der Waals surface area contributed by atoms with Crippen LogP contribution in [-0.4, -0.2) is 14.5 Å². The first-order valence-corrected chi connectivity index (χ1v) is 7.59. The van der Waals surface area contributed by atoms with Gasteiger partial charge in [-0.3, -0.25) is 4.79 Å². The molecule has 2 aromatic rings. The van der Waals surface area contributed by atoms with Crippen LogP contribution in [-0.2, 0) is 16.1 Å². The van der Waals surface area contributed by atoms with Gasteiger partial charge in [0.15, 0.2) is 0 Å². The quantitative estimate of drug-likeness (QED) is 0.489. The van der Waals surface area contributed by atoms with Gasteiger partial charge in [0, 0.05) is 5.39 Å². The molecule has 4 heteroatoms. The maximum atomic E-state index is 12.0. The van der Waals surface area contributed by atoms with Gasteiger partial charge in [0.2, 0.25) is 0 Å². The van der Waals surface area contributed by atoms with Crippen LogP contribution in [0.15, 0.2) is 36.4 Å². The lowest BCUT2D eigenvalue weighted by molar-refractivity contribution is -0.146. The number of alkyl halides is 1. The average Bonchev–Trinajstić information content (AvgIpc) is 2.46. The number of phenols is 1. The molecule has 3 nitrogen and oxygen atoms in total. The number of halogens is 1. The minimum Gasteiger partial charge on any atom is -0.507 e. The van der Waals surface area contributed by atoms with Crippen molar-refractivity contribution in [1.82, 2.24) is 0 Å². The molecule has 0 fully saturated rings. The van der Waals surface area contributed by atoms with Gasteiger partial charge < -0.3 is 9.84 Å². The Morgan fingerprint density at radius 3 is 2.55 bits per heavy atom. The second kappa shape index (κ2) is 5.99. The number of carbonyl (C=O) groups excluding carboxylic acids is 1. The summed E-state index contributed by atoms with van der Waals surface area (Å²) in [5, 5.41) is 11.5. The molecule has 0 aliphatic heterocycles. The molecular formula is C16H17IO3. The van der Waals surface area contributed by atoms with Crippen LogP contribution < -0.4 is 0 Å². The SMILES string of the molecule is CCC(C)(I)C(=O)OCc1ccc(O)c2ccccc12. The van der Waals surface area contributed by atoms with Gasteiger partial charge in [-0.2, -0.15) is 0 Å². The highest BCUT2D eigenvalue weighted by atomic mass is 127. The third-order valence-corrected chi connectivity index (χ3v) is 4.64. The summed E-state index contributed by atoms with van der Waals surface area (Å²) >= 11 is 2.12. The molecular weight excluding hydrogens is 367 g/mol. The van der Waals surface area contributed by atoms with Gasteiger partial charge in [-0.25, -0.2) is 0 Å². The van der Waals surface area contributed by atoms with Gasteiger partial charge in [0.05, 0.1) is 0 Å². The van der Waals surface area contributed by atoms with Crippen molar-refractivity contribution in [1.29, 1.82) is 0 Å². The first-order valence-electron chi connectivity index (χ1n) is 6.51. The molecule has 1 atom stereocenters. The van der Waals surface area contributed by atoms with E-state index < -0.39 is 3.42 Å². The minimum absolute atomic E-state index is 0.210. The van der Waals surface area contributed by atoms with Crippen molar-refractivity contribution < 1.29 is 14.6 Å². The van der Waals surface area contributed by atoms with Crippen molar-refractivity contribution in [3.05, 3.63) is 42.0 Å². The zero-order valence-corrected chi connectivity index (χ0v) is 13.7. The lowest BCUT2D eigenvalue weighted by atomic mass is 10.0. The molecule has 0 aromatic heterocycles. The highest BCUT2D eigenvalue weighted by Crippen LogP contribution is 2.29. The zero-order chi connectivity index (χ0) is 14.8. The lowest BCUT2D eigenvalue weighted by Gasteiger charge is -2.19. The second-order valence-electron chi connectivity index (χ2n) is 4.92. The number of aromatic hydroxyl groups is 1. The van der Waals surface area contributed by atoms with Crippen LogP contribution in [0.4, 0.5) is 0 Å². The van der Waals surface area contributed by atoms with Crippen LogP contribution >= 0.6 is 22.6 Å². The lowest BCUT2D eigenvalue weighted by Crippen LogP contribution is -2.29. The van der Waals surface area contributed by atoms with E-state index in [4.69, 9.17) is 4.74 Å². The second-order valence-corrected chi connectivity index (χ2v) is 7.30. The van der Waals surface area contributed by atoms with Crippen molar-refractivity contribution in [2.45, 2.75) is 30.3 Å². The molecule has 0 saturated heterocycles. The molecule has 0 spiro atoms. The summed E-state index contributed by atoms with van der Waals surface area (Å²) < 4.78 is 4.91. The Kier molecular flexibility index (Phi) is 4.52. The van der Waals surface area contributed by atoms with E-state index in [0.29, 0.717) is 0 Å². The molecule has 0 radical (unpaired) electrons. The number of ether oxygens (including phenoxy) is 1. The smallest absolute Gasteiger partial charge is 0.322 e. The van der Waals surface area contributed by atoms with Crippen LogP contribution in [0, 0.1) is 0 Å². The first kappa shape index (κ1) is 15.1. The summed E-state index contributed by atoms with van der Waals surface area (Å²) in [6.45, 7) is 4.05. The monoisotopic (exact) mass is 384 g/mol. The Bertz CT molecular complexity index is 635. The van der Waals surface area contributed by atoms with E-state index in [1.165, 1.54) is 0 Å². The molecule has 0 aliphatic carbocycles. The van der Waals surface area contributed by atoms with E-state index >= 15 is 0 Å². The molecule has 0 bridgehead atoms. The Hall–Kier alpha value is -1.30. The number of hydrogen-bond acceptors (Lipinski definition) is 3. The molecule has 0 amide bonds.